The van der Waals surface area contributed by atoms with E-state index in [1.807, 2.05) is 13.8 Å². The molecule has 5 nitrogen and oxygen atoms in total. The van der Waals surface area contributed by atoms with Gasteiger partial charge in [0.05, 0.1) is 14.9 Å². The summed E-state index contributed by atoms with van der Waals surface area (Å²) in [5, 5.41) is 0.468. The van der Waals surface area contributed by atoms with Crippen molar-refractivity contribution in [2.75, 3.05) is 19.6 Å². The van der Waals surface area contributed by atoms with Gasteiger partial charge in [0.25, 0.3) is 0 Å². The molecule has 0 aromatic heterocycles. The van der Waals surface area contributed by atoms with Crippen molar-refractivity contribution in [2.45, 2.75) is 25.7 Å². The molecule has 0 unspecified atom stereocenters. The molecule has 0 heterocycles. The van der Waals surface area contributed by atoms with Crippen LogP contribution in [0.3, 0.4) is 0 Å². The summed E-state index contributed by atoms with van der Waals surface area (Å²) in [7, 11) is -3.68. The molecule has 0 aliphatic rings. The minimum atomic E-state index is -3.68. The number of rotatable bonds is 7. The highest BCUT2D eigenvalue weighted by molar-refractivity contribution is 7.89. The molecule has 1 amide bonds. The second-order valence-electron chi connectivity index (χ2n) is 5.33. The Morgan fingerprint density at radius 1 is 1.27 bits per heavy atom. The van der Waals surface area contributed by atoms with Gasteiger partial charge in [-0.05, 0) is 24.1 Å². The van der Waals surface area contributed by atoms with E-state index in [9.17, 15) is 13.2 Å². The van der Waals surface area contributed by atoms with E-state index in [1.54, 1.807) is 4.90 Å². The number of halogens is 2. The van der Waals surface area contributed by atoms with Gasteiger partial charge in [0, 0.05) is 26.6 Å². The predicted octanol–water partition coefficient (Wildman–Crippen LogP) is 2.78. The monoisotopic (exact) mass is 366 g/mol. The topological polar surface area (TPSA) is 66.5 Å². The maximum Gasteiger partial charge on any atom is 0.240 e. The molecule has 124 valence electrons. The van der Waals surface area contributed by atoms with Crippen LogP contribution in [-0.2, 0) is 14.8 Å². The molecule has 0 bridgehead atoms. The summed E-state index contributed by atoms with van der Waals surface area (Å²) in [6, 6.07) is 4.11. The van der Waals surface area contributed by atoms with Crippen LogP contribution in [0.15, 0.2) is 23.1 Å². The van der Waals surface area contributed by atoms with Crippen molar-refractivity contribution in [3.05, 3.63) is 28.2 Å². The first kappa shape index (κ1) is 19.2. The summed E-state index contributed by atoms with van der Waals surface area (Å²) in [6.07, 6.45) is 0. The van der Waals surface area contributed by atoms with Crippen LogP contribution in [-0.4, -0.2) is 38.9 Å². The average molecular weight is 367 g/mol. The second kappa shape index (κ2) is 8.15. The van der Waals surface area contributed by atoms with E-state index in [0.717, 1.165) is 0 Å². The number of nitrogens with zero attached hydrogens (tertiary/aromatic N) is 1. The smallest absolute Gasteiger partial charge is 0.240 e. The summed E-state index contributed by atoms with van der Waals surface area (Å²) < 4.78 is 26.8. The molecule has 1 N–H and O–H groups in total. The number of hydrogen-bond donors (Lipinski definition) is 1. The third kappa shape index (κ3) is 5.76. The highest BCUT2D eigenvalue weighted by Crippen LogP contribution is 2.24. The normalized spacial score (nSPS) is 11.7. The Bertz CT molecular complexity index is 633. The van der Waals surface area contributed by atoms with Crippen molar-refractivity contribution >= 4 is 39.1 Å². The lowest BCUT2D eigenvalue weighted by atomic mass is 10.2. The number of benzene rings is 1. The summed E-state index contributed by atoms with van der Waals surface area (Å²) in [6.45, 7) is 6.49. The molecule has 0 spiro atoms. The molecule has 22 heavy (non-hydrogen) atoms. The van der Waals surface area contributed by atoms with Crippen LogP contribution in [0.5, 0.6) is 0 Å². The largest absolute Gasteiger partial charge is 0.341 e. The lowest BCUT2D eigenvalue weighted by molar-refractivity contribution is -0.129. The lowest BCUT2D eigenvalue weighted by Gasteiger charge is -2.23. The van der Waals surface area contributed by atoms with Gasteiger partial charge in [-0.15, -0.1) is 0 Å². The maximum atomic E-state index is 12.2. The zero-order valence-electron chi connectivity index (χ0n) is 12.8. The third-order valence-electron chi connectivity index (χ3n) is 2.91. The van der Waals surface area contributed by atoms with Crippen LogP contribution >= 0.6 is 23.2 Å². The molecule has 1 aromatic rings. The van der Waals surface area contributed by atoms with Gasteiger partial charge in [-0.2, -0.15) is 0 Å². The summed E-state index contributed by atoms with van der Waals surface area (Å²) in [5.41, 5.74) is 0. The van der Waals surface area contributed by atoms with Gasteiger partial charge < -0.3 is 4.90 Å². The van der Waals surface area contributed by atoms with Gasteiger partial charge in [0.1, 0.15) is 0 Å². The Balaban J connectivity index is 2.69. The quantitative estimate of drug-likeness (QED) is 0.806. The molecular weight excluding hydrogens is 347 g/mol. The van der Waals surface area contributed by atoms with Crippen molar-refractivity contribution < 1.29 is 13.2 Å². The van der Waals surface area contributed by atoms with Crippen molar-refractivity contribution in [3.63, 3.8) is 0 Å². The van der Waals surface area contributed by atoms with Crippen LogP contribution in [0.1, 0.15) is 20.8 Å². The van der Waals surface area contributed by atoms with Crippen molar-refractivity contribution in [1.29, 1.82) is 0 Å². The van der Waals surface area contributed by atoms with Crippen LogP contribution in [0.4, 0.5) is 0 Å². The van der Waals surface area contributed by atoms with Crippen LogP contribution < -0.4 is 4.72 Å². The van der Waals surface area contributed by atoms with Crippen molar-refractivity contribution in [1.82, 2.24) is 9.62 Å². The highest BCUT2D eigenvalue weighted by Gasteiger charge is 2.16. The fraction of sp³-hybridized carbons (Fsp3) is 0.500. The minimum absolute atomic E-state index is 0.0418. The molecule has 1 aromatic carbocycles. The predicted molar refractivity (Wildman–Crippen MR) is 88.7 cm³/mol. The van der Waals surface area contributed by atoms with E-state index < -0.39 is 10.0 Å². The zero-order valence-corrected chi connectivity index (χ0v) is 15.1. The molecule has 0 saturated carbocycles. The van der Waals surface area contributed by atoms with Gasteiger partial charge >= 0.3 is 0 Å². The molecule has 8 heteroatoms. The highest BCUT2D eigenvalue weighted by atomic mass is 35.5. The van der Waals surface area contributed by atoms with E-state index >= 15 is 0 Å². The van der Waals surface area contributed by atoms with E-state index in [2.05, 4.69) is 4.72 Å². The first-order chi connectivity index (χ1) is 10.1. The molecular formula is C14H20Cl2N2O3S. The molecule has 0 aliphatic carbocycles. The third-order valence-corrected chi connectivity index (χ3v) is 5.10. The number of nitrogens with one attached hydrogen (secondary N) is 1. The Labute approximate surface area is 141 Å². The summed E-state index contributed by atoms with van der Waals surface area (Å²) >= 11 is 11.6. The van der Waals surface area contributed by atoms with E-state index in [0.29, 0.717) is 24.0 Å². The van der Waals surface area contributed by atoms with Gasteiger partial charge in [-0.3, -0.25) is 4.79 Å². The van der Waals surface area contributed by atoms with Crippen LogP contribution in [0.25, 0.3) is 0 Å². The lowest BCUT2D eigenvalue weighted by Crippen LogP contribution is -2.39. The molecule has 0 radical (unpaired) electrons. The standard InChI is InChI=1S/C14H20Cl2N2O3S/c1-10(2)9-18(11(3)19)7-6-17-22(20,21)12-4-5-13(15)14(16)8-12/h4-5,8,10,17H,6-7,9H2,1-3H3. The number of hydrogen-bond acceptors (Lipinski definition) is 3. The first-order valence-electron chi connectivity index (χ1n) is 6.83. The van der Waals surface area contributed by atoms with Gasteiger partial charge in [-0.25, -0.2) is 13.1 Å². The van der Waals surface area contributed by atoms with Crippen LogP contribution in [0, 0.1) is 5.92 Å². The van der Waals surface area contributed by atoms with E-state index in [4.69, 9.17) is 23.2 Å². The maximum absolute atomic E-state index is 12.2. The zero-order chi connectivity index (χ0) is 16.9. The van der Waals surface area contributed by atoms with Gasteiger partial charge in [-0.1, -0.05) is 37.0 Å². The fourth-order valence-electron chi connectivity index (χ4n) is 1.86. The summed E-state index contributed by atoms with van der Waals surface area (Å²) in [5.74, 6) is 0.234. The fourth-order valence-corrected chi connectivity index (χ4v) is 3.27. The van der Waals surface area contributed by atoms with Crippen LogP contribution in [0.2, 0.25) is 10.0 Å². The Hall–Kier alpha value is -0.820. The Morgan fingerprint density at radius 2 is 1.91 bits per heavy atom. The SMILES string of the molecule is CC(=O)N(CCNS(=O)(=O)c1ccc(Cl)c(Cl)c1)CC(C)C. The molecule has 1 rings (SSSR count). The Kier molecular flexibility index (Phi) is 7.12. The molecule has 0 aliphatic heterocycles. The van der Waals surface area contributed by atoms with Crippen molar-refractivity contribution in [2.24, 2.45) is 5.92 Å². The van der Waals surface area contributed by atoms with E-state index in [1.165, 1.54) is 25.1 Å². The van der Waals surface area contributed by atoms with Gasteiger partial charge in [0.15, 0.2) is 0 Å². The summed E-state index contributed by atoms with van der Waals surface area (Å²) in [4.78, 5) is 13.2. The molecule has 0 saturated heterocycles. The molecule has 0 atom stereocenters. The molecule has 0 fully saturated rings. The Morgan fingerprint density at radius 3 is 2.41 bits per heavy atom. The number of sulfonamides is 1. The van der Waals surface area contributed by atoms with Crippen molar-refractivity contribution in [3.8, 4) is 0 Å². The van der Waals surface area contributed by atoms with Gasteiger partial charge in [0.2, 0.25) is 15.9 Å². The number of amides is 1. The van der Waals surface area contributed by atoms with E-state index in [-0.39, 0.29) is 22.4 Å². The first-order valence-corrected chi connectivity index (χ1v) is 9.07. The number of carbonyl (C=O) groups excluding carboxylic acids is 1. The average Bonchev–Trinajstić information content (AvgIpc) is 2.39. The second-order valence-corrected chi connectivity index (χ2v) is 7.91. The minimum Gasteiger partial charge on any atom is -0.341 e. The number of carbonyl (C=O) groups is 1.